The van der Waals surface area contributed by atoms with Gasteiger partial charge in [0.05, 0.1) is 17.8 Å². The minimum Gasteiger partial charge on any atom is -0.463 e. The highest BCUT2D eigenvalue weighted by Gasteiger charge is 2.30. The van der Waals surface area contributed by atoms with E-state index in [2.05, 4.69) is 84.0 Å². The molecule has 164 valence electrons. The van der Waals surface area contributed by atoms with E-state index < -0.39 is 0 Å². The minimum absolute atomic E-state index is 0.0840. The first-order valence-electron chi connectivity index (χ1n) is 11.3. The lowest BCUT2D eigenvalue weighted by molar-refractivity contribution is 0.0586. The average Bonchev–Trinajstić information content (AvgIpc) is 3.42. The standard InChI is InChI=1S/C27H29N3O2/c1-20(2)30-23-13-18-32-25(23)19-24(30)27(31)29-16-14-28(15-17-29)26(21-9-5-3-6-10-21)22-11-7-4-8-12-22/h3-13,18-20,26H,14-17H2,1-2H3. The minimum atomic E-state index is 0.0840. The smallest absolute Gasteiger partial charge is 0.270 e. The zero-order valence-corrected chi connectivity index (χ0v) is 18.6. The third-order valence-corrected chi connectivity index (χ3v) is 6.39. The summed E-state index contributed by atoms with van der Waals surface area (Å²) in [5.41, 5.74) is 5.04. The van der Waals surface area contributed by atoms with Crippen molar-refractivity contribution >= 4 is 17.0 Å². The molecule has 0 N–H and O–H groups in total. The highest BCUT2D eigenvalue weighted by atomic mass is 16.3. The highest BCUT2D eigenvalue weighted by Crippen LogP contribution is 2.30. The first kappa shape index (κ1) is 20.6. The number of aromatic nitrogens is 1. The maximum Gasteiger partial charge on any atom is 0.270 e. The van der Waals surface area contributed by atoms with E-state index in [1.807, 2.05) is 17.0 Å². The van der Waals surface area contributed by atoms with Crippen LogP contribution in [0.3, 0.4) is 0 Å². The quantitative estimate of drug-likeness (QED) is 0.430. The van der Waals surface area contributed by atoms with Gasteiger partial charge < -0.3 is 13.9 Å². The van der Waals surface area contributed by atoms with Gasteiger partial charge in [-0.05, 0) is 25.0 Å². The maximum absolute atomic E-state index is 13.5. The van der Waals surface area contributed by atoms with E-state index in [1.54, 1.807) is 6.26 Å². The van der Waals surface area contributed by atoms with Gasteiger partial charge in [0, 0.05) is 44.4 Å². The van der Waals surface area contributed by atoms with Crippen molar-refractivity contribution in [2.45, 2.75) is 25.9 Å². The average molecular weight is 428 g/mol. The number of piperazine rings is 1. The van der Waals surface area contributed by atoms with Crippen molar-refractivity contribution in [3.63, 3.8) is 0 Å². The zero-order chi connectivity index (χ0) is 22.1. The Balaban J connectivity index is 1.37. The molecule has 5 nitrogen and oxygen atoms in total. The van der Waals surface area contributed by atoms with Crippen molar-refractivity contribution < 1.29 is 9.21 Å². The molecule has 5 heteroatoms. The van der Waals surface area contributed by atoms with E-state index in [4.69, 9.17) is 4.42 Å². The van der Waals surface area contributed by atoms with Gasteiger partial charge in [0.15, 0.2) is 5.58 Å². The first-order chi connectivity index (χ1) is 15.6. The monoisotopic (exact) mass is 427 g/mol. The second-order valence-corrected chi connectivity index (χ2v) is 8.72. The van der Waals surface area contributed by atoms with E-state index in [1.165, 1.54) is 11.1 Å². The topological polar surface area (TPSA) is 41.6 Å². The molecule has 5 rings (SSSR count). The Morgan fingerprint density at radius 3 is 2.00 bits per heavy atom. The second-order valence-electron chi connectivity index (χ2n) is 8.72. The van der Waals surface area contributed by atoms with Crippen LogP contribution in [0.25, 0.3) is 11.1 Å². The number of fused-ring (bicyclic) bond motifs is 1. The Morgan fingerprint density at radius 1 is 0.844 bits per heavy atom. The number of benzene rings is 2. The Bertz CT molecular complexity index is 1150. The molecule has 0 atom stereocenters. The summed E-state index contributed by atoms with van der Waals surface area (Å²) >= 11 is 0. The molecule has 0 spiro atoms. The molecule has 2 aromatic carbocycles. The highest BCUT2D eigenvalue weighted by molar-refractivity contribution is 5.97. The van der Waals surface area contributed by atoms with Gasteiger partial charge in [-0.15, -0.1) is 0 Å². The van der Waals surface area contributed by atoms with Gasteiger partial charge in [0.25, 0.3) is 5.91 Å². The fourth-order valence-corrected chi connectivity index (χ4v) is 4.90. The van der Waals surface area contributed by atoms with Crippen LogP contribution in [0.2, 0.25) is 0 Å². The Labute approximate surface area is 188 Å². The zero-order valence-electron chi connectivity index (χ0n) is 18.6. The normalized spacial score (nSPS) is 15.2. The number of carbonyl (C=O) groups excluding carboxylic acids is 1. The van der Waals surface area contributed by atoms with Crippen molar-refractivity contribution in [3.8, 4) is 0 Å². The molecule has 32 heavy (non-hydrogen) atoms. The fraction of sp³-hybridized carbons (Fsp3) is 0.296. The number of rotatable bonds is 5. The summed E-state index contributed by atoms with van der Waals surface area (Å²) in [6.45, 7) is 7.29. The van der Waals surface area contributed by atoms with Crippen LogP contribution in [0.1, 0.15) is 47.5 Å². The van der Waals surface area contributed by atoms with Crippen LogP contribution < -0.4 is 0 Å². The lowest BCUT2D eigenvalue weighted by atomic mass is 9.96. The number of carbonyl (C=O) groups is 1. The lowest BCUT2D eigenvalue weighted by Crippen LogP contribution is -2.50. The molecule has 0 saturated carbocycles. The Morgan fingerprint density at radius 2 is 1.44 bits per heavy atom. The molecule has 1 saturated heterocycles. The summed E-state index contributed by atoms with van der Waals surface area (Å²) < 4.78 is 7.66. The molecule has 2 aromatic heterocycles. The lowest BCUT2D eigenvalue weighted by Gasteiger charge is -2.40. The SMILES string of the molecule is CC(C)n1c(C(=O)N2CCN(C(c3ccccc3)c3ccccc3)CC2)cc2occc21. The van der Waals surface area contributed by atoms with E-state index in [0.717, 1.165) is 24.2 Å². The van der Waals surface area contributed by atoms with Crippen LogP contribution in [0.15, 0.2) is 83.5 Å². The van der Waals surface area contributed by atoms with Crippen LogP contribution in [0.4, 0.5) is 0 Å². The summed E-state index contributed by atoms with van der Waals surface area (Å²) in [5.74, 6) is 0.0840. The molecule has 1 aliphatic rings. The van der Waals surface area contributed by atoms with Crippen molar-refractivity contribution in [2.75, 3.05) is 26.2 Å². The summed E-state index contributed by atoms with van der Waals surface area (Å²) in [4.78, 5) is 17.9. The fourth-order valence-electron chi connectivity index (χ4n) is 4.90. The summed E-state index contributed by atoms with van der Waals surface area (Å²) in [7, 11) is 0. The van der Waals surface area contributed by atoms with Gasteiger partial charge in [0.2, 0.25) is 0 Å². The van der Waals surface area contributed by atoms with Crippen LogP contribution >= 0.6 is 0 Å². The molecular weight excluding hydrogens is 398 g/mol. The molecule has 1 aliphatic heterocycles. The largest absolute Gasteiger partial charge is 0.463 e. The molecule has 1 amide bonds. The van der Waals surface area contributed by atoms with Crippen LogP contribution in [0.5, 0.6) is 0 Å². The van der Waals surface area contributed by atoms with Crippen molar-refractivity contribution in [1.29, 1.82) is 0 Å². The van der Waals surface area contributed by atoms with Gasteiger partial charge in [0.1, 0.15) is 5.69 Å². The summed E-state index contributed by atoms with van der Waals surface area (Å²) in [6.07, 6.45) is 1.68. The second kappa shape index (κ2) is 8.67. The number of hydrogen-bond acceptors (Lipinski definition) is 3. The Hall–Kier alpha value is -3.31. The van der Waals surface area contributed by atoms with Crippen LogP contribution in [-0.2, 0) is 0 Å². The van der Waals surface area contributed by atoms with Crippen molar-refractivity contribution in [3.05, 3.63) is 95.9 Å². The van der Waals surface area contributed by atoms with Gasteiger partial charge in [-0.2, -0.15) is 0 Å². The molecule has 0 unspecified atom stereocenters. The number of nitrogens with zero attached hydrogens (tertiary/aromatic N) is 3. The Kier molecular flexibility index (Phi) is 5.58. The summed E-state index contributed by atoms with van der Waals surface area (Å²) in [5, 5.41) is 0. The third kappa shape index (κ3) is 3.73. The molecule has 1 fully saturated rings. The molecule has 3 heterocycles. The van der Waals surface area contributed by atoms with Gasteiger partial charge in [-0.25, -0.2) is 0 Å². The molecule has 0 bridgehead atoms. The predicted molar refractivity (Wildman–Crippen MR) is 127 cm³/mol. The van der Waals surface area contributed by atoms with Crippen molar-refractivity contribution in [2.24, 2.45) is 0 Å². The molecule has 0 aliphatic carbocycles. The van der Waals surface area contributed by atoms with Gasteiger partial charge in [-0.1, -0.05) is 60.7 Å². The van der Waals surface area contributed by atoms with E-state index in [-0.39, 0.29) is 18.0 Å². The molecule has 4 aromatic rings. The van der Waals surface area contributed by atoms with E-state index >= 15 is 0 Å². The first-order valence-corrected chi connectivity index (χ1v) is 11.3. The van der Waals surface area contributed by atoms with E-state index in [9.17, 15) is 4.79 Å². The number of furan rings is 1. The molecular formula is C27H29N3O2. The number of hydrogen-bond donors (Lipinski definition) is 0. The predicted octanol–water partition coefficient (Wildman–Crippen LogP) is 5.36. The summed E-state index contributed by atoms with van der Waals surface area (Å²) in [6, 6.07) is 25.5. The number of amides is 1. The third-order valence-electron chi connectivity index (χ3n) is 6.39. The van der Waals surface area contributed by atoms with Crippen LogP contribution in [0, 0.1) is 0 Å². The van der Waals surface area contributed by atoms with E-state index in [0.29, 0.717) is 18.8 Å². The van der Waals surface area contributed by atoms with Gasteiger partial charge in [-0.3, -0.25) is 9.69 Å². The van der Waals surface area contributed by atoms with Crippen molar-refractivity contribution in [1.82, 2.24) is 14.4 Å². The van der Waals surface area contributed by atoms with Crippen LogP contribution in [-0.4, -0.2) is 46.5 Å². The van der Waals surface area contributed by atoms with Gasteiger partial charge >= 0.3 is 0 Å². The molecule has 0 radical (unpaired) electrons. The maximum atomic E-state index is 13.5.